The summed E-state index contributed by atoms with van der Waals surface area (Å²) in [4.78, 5) is 43.4. The lowest BCUT2D eigenvalue weighted by molar-refractivity contribution is -0.133. The first-order chi connectivity index (χ1) is 13.0. The Labute approximate surface area is 158 Å². The molecule has 2 N–H and O–H groups in total. The Balaban J connectivity index is 1.53. The molecule has 9 heteroatoms. The summed E-state index contributed by atoms with van der Waals surface area (Å²) in [5.41, 5.74) is 1.55. The van der Waals surface area contributed by atoms with Crippen LogP contribution < -0.4 is 10.9 Å². The highest BCUT2D eigenvalue weighted by atomic mass is 32.1. The van der Waals surface area contributed by atoms with Crippen LogP contribution in [0.2, 0.25) is 0 Å². The molecule has 1 aliphatic heterocycles. The lowest BCUT2D eigenvalue weighted by Crippen LogP contribution is -2.39. The van der Waals surface area contributed by atoms with Crippen LogP contribution in [0.5, 0.6) is 0 Å². The molecule has 27 heavy (non-hydrogen) atoms. The molecule has 140 valence electrons. The Hall–Kier alpha value is -2.94. The summed E-state index contributed by atoms with van der Waals surface area (Å²) in [6.45, 7) is 2.42. The van der Waals surface area contributed by atoms with E-state index in [1.54, 1.807) is 23.2 Å². The predicted octanol–water partition coefficient (Wildman–Crippen LogP) is 1.55. The standard InChI is InChI=1S/C18H19N5O3S/c1-11(19-16(24)10-22-6-2-5-17(22)25)12-9-18(26)23-15(20-12)8-13(21-23)14-4-3-7-27-14/h3-4,7-9,11,21H,2,5-6,10H2,1H3,(H,19,24). The Kier molecular flexibility index (Phi) is 4.53. The van der Waals surface area contributed by atoms with Gasteiger partial charge >= 0.3 is 0 Å². The number of carbonyl (C=O) groups excluding carboxylic acids is 2. The highest BCUT2D eigenvalue weighted by Crippen LogP contribution is 2.23. The number of H-pyrrole nitrogens is 1. The third-order valence-corrected chi connectivity index (χ3v) is 5.49. The van der Waals surface area contributed by atoms with Crippen molar-refractivity contribution < 1.29 is 9.59 Å². The zero-order valence-corrected chi connectivity index (χ0v) is 15.6. The van der Waals surface area contributed by atoms with Gasteiger partial charge in [-0.15, -0.1) is 11.3 Å². The average Bonchev–Trinajstić information content (AvgIpc) is 3.35. The summed E-state index contributed by atoms with van der Waals surface area (Å²) >= 11 is 1.57. The van der Waals surface area contributed by atoms with Gasteiger partial charge in [0.1, 0.15) is 0 Å². The van der Waals surface area contributed by atoms with Crippen molar-refractivity contribution in [3.8, 4) is 10.6 Å². The second-order valence-corrected chi connectivity index (χ2v) is 7.52. The van der Waals surface area contributed by atoms with Crippen LogP contribution in [-0.2, 0) is 9.59 Å². The van der Waals surface area contributed by atoms with E-state index in [-0.39, 0.29) is 23.9 Å². The molecule has 1 fully saturated rings. The fourth-order valence-corrected chi connectivity index (χ4v) is 3.89. The Morgan fingerprint density at radius 2 is 2.26 bits per heavy atom. The summed E-state index contributed by atoms with van der Waals surface area (Å²) in [6.07, 6.45) is 1.29. The maximum Gasteiger partial charge on any atom is 0.272 e. The van der Waals surface area contributed by atoms with E-state index < -0.39 is 6.04 Å². The molecule has 2 amide bonds. The van der Waals surface area contributed by atoms with Crippen LogP contribution in [0.3, 0.4) is 0 Å². The minimum Gasteiger partial charge on any atom is -0.346 e. The van der Waals surface area contributed by atoms with E-state index in [2.05, 4.69) is 15.4 Å². The molecule has 1 atom stereocenters. The Morgan fingerprint density at radius 3 is 2.96 bits per heavy atom. The molecular weight excluding hydrogens is 366 g/mol. The third-order valence-electron chi connectivity index (χ3n) is 4.58. The molecule has 1 aliphatic rings. The van der Waals surface area contributed by atoms with Gasteiger partial charge in [-0.1, -0.05) is 6.07 Å². The van der Waals surface area contributed by atoms with E-state index in [1.807, 2.05) is 23.6 Å². The molecule has 0 spiro atoms. The van der Waals surface area contributed by atoms with Crippen molar-refractivity contribution in [2.75, 3.05) is 13.1 Å². The van der Waals surface area contributed by atoms with Crippen molar-refractivity contribution >= 4 is 28.8 Å². The summed E-state index contributed by atoms with van der Waals surface area (Å²) in [7, 11) is 0. The molecule has 0 bridgehead atoms. The van der Waals surface area contributed by atoms with Crippen LogP contribution in [-0.4, -0.2) is 44.4 Å². The van der Waals surface area contributed by atoms with Crippen molar-refractivity contribution in [3.63, 3.8) is 0 Å². The number of hydrogen-bond donors (Lipinski definition) is 2. The van der Waals surface area contributed by atoms with Gasteiger partial charge in [0.05, 0.1) is 28.9 Å². The van der Waals surface area contributed by atoms with Gasteiger partial charge in [0.15, 0.2) is 5.65 Å². The van der Waals surface area contributed by atoms with Crippen LogP contribution in [0.25, 0.3) is 16.2 Å². The summed E-state index contributed by atoms with van der Waals surface area (Å²) in [5, 5.41) is 7.83. The molecule has 4 heterocycles. The highest BCUT2D eigenvalue weighted by molar-refractivity contribution is 7.13. The van der Waals surface area contributed by atoms with Crippen LogP contribution in [0.15, 0.2) is 34.4 Å². The van der Waals surface area contributed by atoms with Crippen molar-refractivity contribution in [3.05, 3.63) is 45.7 Å². The van der Waals surface area contributed by atoms with Crippen LogP contribution in [0.4, 0.5) is 0 Å². The molecule has 0 aromatic carbocycles. The SMILES string of the molecule is CC(NC(=O)CN1CCCC1=O)c1cc(=O)n2[nH]c(-c3cccs3)cc2n1. The van der Waals surface area contributed by atoms with E-state index in [4.69, 9.17) is 0 Å². The number of carbonyl (C=O) groups is 2. The number of amides is 2. The number of nitrogens with zero attached hydrogens (tertiary/aromatic N) is 3. The first-order valence-corrected chi connectivity index (χ1v) is 9.63. The number of aromatic amines is 1. The van der Waals surface area contributed by atoms with Crippen molar-refractivity contribution in [1.29, 1.82) is 0 Å². The lowest BCUT2D eigenvalue weighted by Gasteiger charge is -2.18. The molecule has 0 aliphatic carbocycles. The predicted molar refractivity (Wildman–Crippen MR) is 101 cm³/mol. The Morgan fingerprint density at radius 1 is 1.41 bits per heavy atom. The molecule has 4 rings (SSSR count). The molecule has 8 nitrogen and oxygen atoms in total. The van der Waals surface area contributed by atoms with Gasteiger partial charge in [-0.05, 0) is 24.8 Å². The second-order valence-electron chi connectivity index (χ2n) is 6.57. The maximum absolute atomic E-state index is 12.4. The number of hydrogen-bond acceptors (Lipinski definition) is 5. The summed E-state index contributed by atoms with van der Waals surface area (Å²) < 4.78 is 1.38. The lowest BCUT2D eigenvalue weighted by atomic mass is 10.2. The normalized spacial score (nSPS) is 15.4. The zero-order chi connectivity index (χ0) is 19.0. The molecule has 3 aromatic rings. The fourth-order valence-electron chi connectivity index (χ4n) is 3.19. The molecule has 0 radical (unpaired) electrons. The van der Waals surface area contributed by atoms with E-state index in [0.717, 1.165) is 17.0 Å². The Bertz CT molecular complexity index is 1050. The minimum absolute atomic E-state index is 0.00372. The van der Waals surface area contributed by atoms with E-state index in [9.17, 15) is 14.4 Å². The van der Waals surface area contributed by atoms with Crippen molar-refractivity contribution in [2.24, 2.45) is 0 Å². The molecule has 1 unspecified atom stereocenters. The quantitative estimate of drug-likeness (QED) is 0.696. The van der Waals surface area contributed by atoms with Gasteiger partial charge in [0.25, 0.3) is 5.56 Å². The van der Waals surface area contributed by atoms with Gasteiger partial charge in [0.2, 0.25) is 11.8 Å². The second kappa shape index (κ2) is 6.99. The monoisotopic (exact) mass is 385 g/mol. The summed E-state index contributed by atoms with van der Waals surface area (Å²) in [6, 6.07) is 6.69. The summed E-state index contributed by atoms with van der Waals surface area (Å²) in [5.74, 6) is -0.253. The van der Waals surface area contributed by atoms with Crippen molar-refractivity contribution in [1.82, 2.24) is 24.8 Å². The molecular formula is C18H19N5O3S. The van der Waals surface area contributed by atoms with Crippen LogP contribution in [0, 0.1) is 0 Å². The van der Waals surface area contributed by atoms with Gasteiger partial charge in [-0.25, -0.2) is 9.50 Å². The number of nitrogens with one attached hydrogen (secondary N) is 2. The smallest absolute Gasteiger partial charge is 0.272 e. The van der Waals surface area contributed by atoms with Crippen LogP contribution >= 0.6 is 11.3 Å². The zero-order valence-electron chi connectivity index (χ0n) is 14.8. The van der Waals surface area contributed by atoms with Crippen LogP contribution in [0.1, 0.15) is 31.5 Å². The minimum atomic E-state index is -0.437. The van der Waals surface area contributed by atoms with Gasteiger partial charge in [-0.2, -0.15) is 0 Å². The third kappa shape index (κ3) is 3.50. The van der Waals surface area contributed by atoms with E-state index in [0.29, 0.717) is 24.3 Å². The number of fused-ring (bicyclic) bond motifs is 1. The van der Waals surface area contributed by atoms with Gasteiger partial charge < -0.3 is 10.2 Å². The largest absolute Gasteiger partial charge is 0.346 e. The molecule has 3 aromatic heterocycles. The van der Waals surface area contributed by atoms with Crippen molar-refractivity contribution in [2.45, 2.75) is 25.8 Å². The number of thiophene rings is 1. The van der Waals surface area contributed by atoms with E-state index in [1.165, 1.54) is 10.6 Å². The number of aromatic nitrogens is 3. The fraction of sp³-hybridized carbons (Fsp3) is 0.333. The van der Waals surface area contributed by atoms with Gasteiger partial charge in [0, 0.05) is 25.1 Å². The molecule has 0 saturated carbocycles. The van der Waals surface area contributed by atoms with E-state index >= 15 is 0 Å². The van der Waals surface area contributed by atoms with Gasteiger partial charge in [-0.3, -0.25) is 19.5 Å². The first kappa shape index (κ1) is 17.5. The topological polar surface area (TPSA) is 99.6 Å². The maximum atomic E-state index is 12.4. The number of rotatable bonds is 5. The molecule has 1 saturated heterocycles. The average molecular weight is 385 g/mol. The first-order valence-electron chi connectivity index (χ1n) is 8.75. The highest BCUT2D eigenvalue weighted by Gasteiger charge is 2.23. The number of likely N-dealkylation sites (tertiary alicyclic amines) is 1.